The van der Waals surface area contributed by atoms with Crippen LogP contribution in [-0.4, -0.2) is 79.8 Å². The molecular weight excluding hydrogens is 1020 g/mol. The Bertz CT molecular complexity index is 1910. The summed E-state index contributed by atoms with van der Waals surface area (Å²) in [5, 5.41) is 16.3. The molecule has 0 saturated heterocycles. The predicted molar refractivity (Wildman–Crippen MR) is 257 cm³/mol. The lowest BCUT2D eigenvalue weighted by Gasteiger charge is -2.08. The molecule has 5 aromatic rings. The minimum atomic E-state index is -0.150. The van der Waals surface area contributed by atoms with E-state index >= 15 is 0 Å². The first kappa shape index (κ1) is 54.7. The van der Waals surface area contributed by atoms with Crippen LogP contribution in [0.3, 0.4) is 0 Å². The van der Waals surface area contributed by atoms with Gasteiger partial charge in [0, 0.05) is 23.1 Å². The maximum atomic E-state index is 11.7. The fourth-order valence-electron chi connectivity index (χ4n) is 4.45. The van der Waals surface area contributed by atoms with Crippen molar-refractivity contribution in [2.45, 2.75) is 19.3 Å². The molecule has 0 fully saturated rings. The van der Waals surface area contributed by atoms with Gasteiger partial charge in [-0.1, -0.05) is 91.5 Å². The van der Waals surface area contributed by atoms with Crippen LogP contribution >= 0.6 is 71.0 Å². The van der Waals surface area contributed by atoms with Crippen molar-refractivity contribution in [2.75, 3.05) is 58.2 Å². The van der Waals surface area contributed by atoms with E-state index in [2.05, 4.69) is 58.4 Å². The second-order valence-electron chi connectivity index (χ2n) is 12.1. The molecule has 5 aromatic carbocycles. The van der Waals surface area contributed by atoms with Crippen LogP contribution in [0, 0.1) is 0 Å². The van der Waals surface area contributed by atoms with Gasteiger partial charge in [0.2, 0.25) is 10.6 Å². The number of phenolic OH excluding ortho intramolecular Hbond substituents is 1. The van der Waals surface area contributed by atoms with E-state index in [1.165, 1.54) is 11.1 Å². The van der Waals surface area contributed by atoms with Crippen LogP contribution in [0.2, 0.25) is 10.0 Å². The lowest BCUT2D eigenvalue weighted by Crippen LogP contribution is -2.30. The number of hydrogen-bond acceptors (Lipinski definition) is 9. The summed E-state index contributed by atoms with van der Waals surface area (Å²) in [4.78, 5) is 32.3. The van der Waals surface area contributed by atoms with Crippen molar-refractivity contribution >= 4 is 87.5 Å². The SMILES string of the molecule is COc1ccc(CCN)cc1.COc1ccc(CCNC(=O)CBr)cc1.COc1ccc(CCNC(=O)COc2ccc(Cl)cc2)cc1.O=C(Br)CBr.Oc1ccc(Cl)cc1. The quantitative estimate of drug-likeness (QED) is 0.0558. The number of carbonyl (C=O) groups excluding carboxylic acids is 3. The summed E-state index contributed by atoms with van der Waals surface area (Å²) in [6.45, 7) is 1.92. The molecule has 5 rings (SSSR count). The van der Waals surface area contributed by atoms with Crippen molar-refractivity contribution < 1.29 is 38.4 Å². The van der Waals surface area contributed by atoms with Gasteiger partial charge in [0.05, 0.1) is 32.0 Å². The van der Waals surface area contributed by atoms with Crippen LogP contribution in [0.1, 0.15) is 16.7 Å². The van der Waals surface area contributed by atoms with Crippen LogP contribution in [0.15, 0.2) is 121 Å². The Hall–Kier alpha value is -4.31. The summed E-state index contributed by atoms with van der Waals surface area (Å²) in [6.07, 6.45) is 2.53. The first-order valence-electron chi connectivity index (χ1n) is 18.6. The number of benzene rings is 5. The smallest absolute Gasteiger partial charge is 0.257 e. The van der Waals surface area contributed by atoms with Crippen LogP contribution in [0.4, 0.5) is 0 Å². The number of carbonyl (C=O) groups is 3. The van der Waals surface area contributed by atoms with E-state index in [0.29, 0.717) is 46.1 Å². The third kappa shape index (κ3) is 28.0. The first-order chi connectivity index (χ1) is 29.3. The Morgan fingerprint density at radius 3 is 1.23 bits per heavy atom. The molecule has 0 aliphatic rings. The topological polar surface area (TPSA) is 158 Å². The Kier molecular flexibility index (Phi) is 30.8. The van der Waals surface area contributed by atoms with E-state index in [1.54, 1.807) is 69.9 Å². The van der Waals surface area contributed by atoms with Crippen molar-refractivity contribution in [3.05, 3.63) is 148 Å². The zero-order valence-corrected chi connectivity index (χ0v) is 40.5. The number of phenols is 1. The molecule has 330 valence electrons. The number of amides is 2. The predicted octanol–water partition coefficient (Wildman–Crippen LogP) is 9.38. The zero-order valence-electron chi connectivity index (χ0n) is 34.2. The van der Waals surface area contributed by atoms with Crippen molar-refractivity contribution in [1.82, 2.24) is 10.6 Å². The van der Waals surface area contributed by atoms with Crippen LogP contribution < -0.4 is 35.3 Å². The van der Waals surface area contributed by atoms with E-state index in [1.807, 2.05) is 72.8 Å². The number of aromatic hydroxyl groups is 1. The lowest BCUT2D eigenvalue weighted by atomic mass is 10.1. The van der Waals surface area contributed by atoms with E-state index < -0.39 is 0 Å². The highest BCUT2D eigenvalue weighted by atomic mass is 79.9. The molecule has 0 saturated carbocycles. The highest BCUT2D eigenvalue weighted by molar-refractivity contribution is 9.19. The van der Waals surface area contributed by atoms with Gasteiger partial charge in [0.15, 0.2) is 6.61 Å². The molecule has 0 aliphatic heterocycles. The number of hydrogen-bond donors (Lipinski definition) is 4. The molecule has 0 radical (unpaired) electrons. The molecule has 0 heterocycles. The molecule has 0 bridgehead atoms. The zero-order chi connectivity index (χ0) is 45.3. The van der Waals surface area contributed by atoms with E-state index in [0.717, 1.165) is 42.1 Å². The van der Waals surface area contributed by atoms with Gasteiger partial charge in [-0.25, -0.2) is 0 Å². The van der Waals surface area contributed by atoms with Gasteiger partial charge >= 0.3 is 0 Å². The number of nitrogens with two attached hydrogens (primary N) is 1. The summed E-state index contributed by atoms with van der Waals surface area (Å²) in [5.41, 5.74) is 8.98. The molecule has 0 aromatic heterocycles. The van der Waals surface area contributed by atoms with Gasteiger partial charge < -0.3 is 40.4 Å². The Labute approximate surface area is 394 Å². The second kappa shape index (κ2) is 34.3. The average molecular weight is 1070 g/mol. The summed E-state index contributed by atoms with van der Waals surface area (Å²) in [7, 11) is 4.94. The largest absolute Gasteiger partial charge is 0.508 e. The second-order valence-corrected chi connectivity index (χ2v) is 15.0. The molecule has 61 heavy (non-hydrogen) atoms. The highest BCUT2D eigenvalue weighted by Crippen LogP contribution is 2.16. The number of rotatable bonds is 16. The average Bonchev–Trinajstić information content (AvgIpc) is 3.29. The van der Waals surface area contributed by atoms with Crippen molar-refractivity contribution in [3.8, 4) is 28.7 Å². The number of ether oxygens (including phenoxy) is 4. The Balaban J connectivity index is 0.000000414. The van der Waals surface area contributed by atoms with E-state index in [9.17, 15) is 14.4 Å². The Morgan fingerprint density at radius 1 is 0.557 bits per heavy atom. The maximum Gasteiger partial charge on any atom is 0.257 e. The monoisotopic (exact) mass is 1070 g/mol. The van der Waals surface area contributed by atoms with Gasteiger partial charge in [0.25, 0.3) is 5.91 Å². The minimum absolute atomic E-state index is 0.00968. The van der Waals surface area contributed by atoms with Crippen molar-refractivity contribution in [2.24, 2.45) is 5.73 Å². The van der Waals surface area contributed by atoms with Crippen molar-refractivity contribution in [3.63, 3.8) is 0 Å². The first-order valence-corrected chi connectivity index (χ1v) is 22.4. The lowest BCUT2D eigenvalue weighted by molar-refractivity contribution is -0.123. The standard InChI is InChI=1S/C17H18ClNO3.C11H14BrNO2.C9H13NO.C6H5ClO.C2H2Br2O/c1-21-15-6-2-13(3-7-15)10-11-19-17(20)12-22-16-8-4-14(18)5-9-16;1-15-10-4-2-9(3-5-10)6-7-13-11(14)8-12;1-11-9-4-2-8(3-5-9)6-7-10;7-5-1-3-6(8)4-2-5;3-1-2(4)5/h2-9H,10-12H2,1H3,(H,19,20);2-5H,6-8H2,1H3,(H,13,14);2-5H,6-7,10H2,1H3;1-4,8H;1H2. The van der Waals surface area contributed by atoms with Crippen LogP contribution in [0.5, 0.6) is 28.7 Å². The molecule has 5 N–H and O–H groups in total. The number of halogens is 5. The molecule has 0 spiro atoms. The molecule has 0 aliphatic carbocycles. The van der Waals surface area contributed by atoms with Gasteiger partial charge in [-0.3, -0.25) is 14.4 Å². The summed E-state index contributed by atoms with van der Waals surface area (Å²) < 4.78 is 20.5. The summed E-state index contributed by atoms with van der Waals surface area (Å²) in [6, 6.07) is 36.8. The molecule has 2 amide bonds. The van der Waals surface area contributed by atoms with Crippen LogP contribution in [-0.2, 0) is 33.6 Å². The molecular formula is C45H52Br3Cl2N3O8. The third-order valence-electron chi connectivity index (χ3n) is 7.62. The fourth-order valence-corrected chi connectivity index (χ4v) is 4.91. The van der Waals surface area contributed by atoms with Gasteiger partial charge in [-0.15, -0.1) is 0 Å². The number of methoxy groups -OCH3 is 3. The molecule has 16 heteroatoms. The molecule has 0 atom stereocenters. The van der Waals surface area contributed by atoms with Gasteiger partial charge in [0.1, 0.15) is 28.7 Å². The highest BCUT2D eigenvalue weighted by Gasteiger charge is 2.03. The molecule has 0 unspecified atom stereocenters. The van der Waals surface area contributed by atoms with E-state index in [-0.39, 0.29) is 28.9 Å². The normalized spacial score (nSPS) is 9.59. The van der Waals surface area contributed by atoms with Gasteiger partial charge in [-0.2, -0.15) is 0 Å². The molecule has 11 nitrogen and oxygen atoms in total. The number of alkyl halides is 2. The van der Waals surface area contributed by atoms with Gasteiger partial charge in [-0.05, 0) is 143 Å². The minimum Gasteiger partial charge on any atom is -0.508 e. The number of nitrogens with one attached hydrogen (secondary N) is 2. The van der Waals surface area contributed by atoms with Crippen LogP contribution in [0.25, 0.3) is 0 Å². The Morgan fingerprint density at radius 2 is 0.902 bits per heavy atom. The maximum absolute atomic E-state index is 11.7. The summed E-state index contributed by atoms with van der Waals surface area (Å²) in [5.74, 6) is 3.30. The third-order valence-corrected chi connectivity index (χ3v) is 10.2. The fraction of sp³-hybridized carbons (Fsp3) is 0.267. The summed E-state index contributed by atoms with van der Waals surface area (Å²) >= 11 is 20.0. The van der Waals surface area contributed by atoms with Crippen molar-refractivity contribution in [1.29, 1.82) is 0 Å². The van der Waals surface area contributed by atoms with E-state index in [4.69, 9.17) is 53.0 Å².